The molecule has 0 N–H and O–H groups in total. The minimum Gasteiger partial charge on any atom is -0.457 e. The van der Waals surface area contributed by atoms with E-state index in [4.69, 9.17) is 24.4 Å². The van der Waals surface area contributed by atoms with Crippen molar-refractivity contribution in [2.75, 3.05) is 0 Å². The summed E-state index contributed by atoms with van der Waals surface area (Å²) in [5.41, 5.74) is 9.53. The maximum atomic E-state index is 7.18. The zero-order valence-corrected chi connectivity index (χ0v) is 38.4. The smallest absolute Gasteiger partial charge is 0.188 e. The van der Waals surface area contributed by atoms with E-state index >= 15 is 0 Å². The van der Waals surface area contributed by atoms with Gasteiger partial charge < -0.3 is 9.47 Å². The van der Waals surface area contributed by atoms with Crippen LogP contribution < -0.4 is 30.2 Å². The molecule has 0 saturated heterocycles. The summed E-state index contributed by atoms with van der Waals surface area (Å²) in [7, 11) is -2.97. The van der Waals surface area contributed by atoms with Gasteiger partial charge in [0, 0.05) is 16.7 Å². The van der Waals surface area contributed by atoms with Gasteiger partial charge in [-0.1, -0.05) is 200 Å². The first-order chi connectivity index (χ1) is 33.0. The Labute approximate surface area is 392 Å². The Hall–Kier alpha value is -8.19. The molecular weight excluding hydrogens is 835 g/mol. The molecule has 10 aromatic rings. The predicted octanol–water partition coefficient (Wildman–Crippen LogP) is 11.8. The quantitative estimate of drug-likeness (QED) is 0.149. The third-order valence-corrected chi connectivity index (χ3v) is 18.5. The van der Waals surface area contributed by atoms with Crippen molar-refractivity contribution in [3.8, 4) is 57.2 Å². The molecule has 0 atom stereocenters. The van der Waals surface area contributed by atoms with Crippen molar-refractivity contribution in [2.45, 2.75) is 26.2 Å². The summed E-state index contributed by atoms with van der Waals surface area (Å²) in [4.78, 5) is 16.4. The summed E-state index contributed by atoms with van der Waals surface area (Å²) >= 11 is 0. The van der Waals surface area contributed by atoms with E-state index in [-0.39, 0.29) is 0 Å². The van der Waals surface area contributed by atoms with E-state index in [2.05, 4.69) is 233 Å². The van der Waals surface area contributed by atoms with E-state index in [1.54, 1.807) is 0 Å². The Bertz CT molecular complexity index is 3200. The number of hydrogen-bond acceptors (Lipinski definition) is 5. The number of benzene rings is 9. The van der Waals surface area contributed by atoms with E-state index in [0.29, 0.717) is 23.2 Å². The highest BCUT2D eigenvalue weighted by Gasteiger charge is 2.49. The third kappa shape index (κ3) is 6.24. The minimum atomic E-state index is -2.97. The molecule has 67 heavy (non-hydrogen) atoms. The van der Waals surface area contributed by atoms with E-state index in [9.17, 15) is 0 Å². The summed E-state index contributed by atoms with van der Waals surface area (Å²) in [5.74, 6) is 4.69. The first-order valence-corrected chi connectivity index (χ1v) is 24.8. The fourth-order valence-electron chi connectivity index (χ4n) is 11.1. The van der Waals surface area contributed by atoms with Crippen LogP contribution >= 0.6 is 0 Å². The largest absolute Gasteiger partial charge is 0.457 e. The van der Waals surface area contributed by atoms with Crippen LogP contribution in [0.4, 0.5) is 0 Å². The molecule has 3 heterocycles. The fourth-order valence-corrected chi connectivity index (χ4v) is 16.0. The minimum absolute atomic E-state index is 0.508. The van der Waals surface area contributed by atoms with Gasteiger partial charge >= 0.3 is 0 Å². The zero-order valence-electron chi connectivity index (χ0n) is 37.4. The lowest BCUT2D eigenvalue weighted by Crippen LogP contribution is -2.76. The molecule has 0 bridgehead atoms. The van der Waals surface area contributed by atoms with Gasteiger partial charge in [-0.15, -0.1) is 0 Å². The van der Waals surface area contributed by atoms with Gasteiger partial charge in [-0.3, -0.25) is 0 Å². The first-order valence-electron chi connectivity index (χ1n) is 22.8. The van der Waals surface area contributed by atoms with Gasteiger partial charge in [-0.25, -0.2) is 15.0 Å². The van der Waals surface area contributed by atoms with Gasteiger partial charge in [0.1, 0.15) is 23.0 Å². The summed E-state index contributed by atoms with van der Waals surface area (Å²) in [6.45, 7) is 6.41. The van der Waals surface area contributed by atoms with Crippen molar-refractivity contribution in [2.24, 2.45) is 0 Å². The molecule has 2 aliphatic rings. The van der Waals surface area contributed by atoms with Crippen LogP contribution in [-0.2, 0) is 5.41 Å². The van der Waals surface area contributed by atoms with Crippen molar-refractivity contribution in [1.29, 1.82) is 0 Å². The molecule has 0 spiro atoms. The first kappa shape index (κ1) is 40.3. The monoisotopic (exact) mass is 879 g/mol. The highest BCUT2D eigenvalue weighted by atomic mass is 28.3. The summed E-state index contributed by atoms with van der Waals surface area (Å²) in [6, 6.07) is 77.6. The van der Waals surface area contributed by atoms with E-state index in [1.807, 2.05) is 6.07 Å². The molecule has 320 valence electrons. The number of aryl methyl sites for hydroxylation is 3. The third-order valence-electron chi connectivity index (χ3n) is 13.7. The Balaban J connectivity index is 1.15. The van der Waals surface area contributed by atoms with Crippen molar-refractivity contribution in [3.05, 3.63) is 257 Å². The average molecular weight is 880 g/mol. The van der Waals surface area contributed by atoms with Gasteiger partial charge in [0.15, 0.2) is 25.5 Å². The van der Waals surface area contributed by atoms with Crippen molar-refractivity contribution < 1.29 is 9.47 Å². The summed E-state index contributed by atoms with van der Waals surface area (Å²) in [6.07, 6.45) is 0. The molecule has 0 amide bonds. The molecule has 0 saturated carbocycles. The number of ether oxygens (including phenoxy) is 2. The number of nitrogens with zero attached hydrogens (tertiary/aromatic N) is 3. The maximum absolute atomic E-state index is 7.18. The Kier molecular flexibility index (Phi) is 9.66. The molecule has 6 heteroatoms. The van der Waals surface area contributed by atoms with Crippen molar-refractivity contribution >= 4 is 28.8 Å². The molecule has 9 aromatic carbocycles. The summed E-state index contributed by atoms with van der Waals surface area (Å²) < 4.78 is 14.3. The highest BCUT2D eigenvalue weighted by molar-refractivity contribution is 7.20. The Morgan fingerprint density at radius 1 is 0.388 bits per heavy atom. The van der Waals surface area contributed by atoms with Crippen LogP contribution in [-0.4, -0.2) is 23.0 Å². The molecule has 0 unspecified atom stereocenters. The highest BCUT2D eigenvalue weighted by Crippen LogP contribution is 2.57. The SMILES string of the molecule is Cc1cc(C)c(-c2nc(-c3cccc4c3Oc3ccccc3C4(c3ccccc3)c3ccccc3)nc(-c3cccc4c3Oc3ccccc3[Si]4(c3ccccc3)c3ccccc3)n2)c(C)c1. The summed E-state index contributed by atoms with van der Waals surface area (Å²) in [5, 5.41) is 4.88. The second-order valence-corrected chi connectivity index (χ2v) is 21.3. The van der Waals surface area contributed by atoms with E-state index in [1.165, 1.54) is 21.1 Å². The number of para-hydroxylation sites is 4. The molecular formula is C61H45N3O2Si. The molecule has 2 aliphatic heterocycles. The van der Waals surface area contributed by atoms with Crippen LogP contribution in [0.5, 0.6) is 23.0 Å². The van der Waals surface area contributed by atoms with Gasteiger partial charge in [0.25, 0.3) is 0 Å². The molecule has 1 aromatic heterocycles. The van der Waals surface area contributed by atoms with Gasteiger partial charge in [0.2, 0.25) is 0 Å². The fraction of sp³-hybridized carbons (Fsp3) is 0.0656. The molecule has 12 rings (SSSR count). The van der Waals surface area contributed by atoms with Crippen LogP contribution in [0.15, 0.2) is 218 Å². The van der Waals surface area contributed by atoms with Crippen LogP contribution in [0.25, 0.3) is 34.2 Å². The van der Waals surface area contributed by atoms with Gasteiger partial charge in [0.05, 0.1) is 16.5 Å². The van der Waals surface area contributed by atoms with Crippen LogP contribution in [0.2, 0.25) is 0 Å². The van der Waals surface area contributed by atoms with E-state index < -0.39 is 13.5 Å². The standard InChI is InChI=1S/C61H45N3O2Si/c1-40-38-41(2)55(42(3)39-40)60-63-58(47-30-20-33-50-56(47)65-51-34-17-16-32-49(51)61(50,43-22-8-4-9-23-43)44-24-10-5-11-25-44)62-59(64-60)48-31-21-37-54-57(48)66-52-35-18-19-36-53(52)67(54,45-26-12-6-13-27-45)46-28-14-7-15-29-46/h4-39H,1-3H3. The number of hydrogen-bond donors (Lipinski definition) is 0. The average Bonchev–Trinajstić information content (AvgIpc) is 3.37. The topological polar surface area (TPSA) is 57.1 Å². The predicted molar refractivity (Wildman–Crippen MR) is 272 cm³/mol. The second kappa shape index (κ2) is 16.1. The molecule has 5 nitrogen and oxygen atoms in total. The number of fused-ring (bicyclic) bond motifs is 4. The van der Waals surface area contributed by atoms with Crippen molar-refractivity contribution in [1.82, 2.24) is 15.0 Å². The lowest BCUT2D eigenvalue weighted by atomic mass is 9.63. The second-order valence-electron chi connectivity index (χ2n) is 17.6. The molecule has 0 radical (unpaired) electrons. The Morgan fingerprint density at radius 3 is 1.45 bits per heavy atom. The lowest BCUT2D eigenvalue weighted by Gasteiger charge is -2.42. The maximum Gasteiger partial charge on any atom is 0.188 e. The van der Waals surface area contributed by atoms with Gasteiger partial charge in [-0.2, -0.15) is 0 Å². The molecule has 0 aliphatic carbocycles. The Morgan fingerprint density at radius 2 is 0.836 bits per heavy atom. The number of aromatic nitrogens is 3. The van der Waals surface area contributed by atoms with E-state index in [0.717, 1.165) is 72.5 Å². The zero-order chi connectivity index (χ0) is 45.1. The van der Waals surface area contributed by atoms with Crippen LogP contribution in [0, 0.1) is 20.8 Å². The number of rotatable bonds is 7. The molecule has 0 fully saturated rings. The van der Waals surface area contributed by atoms with Crippen LogP contribution in [0.3, 0.4) is 0 Å². The van der Waals surface area contributed by atoms with Crippen molar-refractivity contribution in [3.63, 3.8) is 0 Å². The lowest BCUT2D eigenvalue weighted by molar-refractivity contribution is 0.436. The van der Waals surface area contributed by atoms with Crippen LogP contribution in [0.1, 0.15) is 38.9 Å². The normalized spacial score (nSPS) is 13.8. The van der Waals surface area contributed by atoms with Gasteiger partial charge in [-0.05, 0) is 88.0 Å².